The van der Waals surface area contributed by atoms with Gasteiger partial charge >= 0.3 is 0 Å². The fourth-order valence-corrected chi connectivity index (χ4v) is 1.61. The van der Waals surface area contributed by atoms with Gasteiger partial charge in [0.05, 0.1) is 12.0 Å². The molecular weight excluding hydrogens is 196 g/mol. The summed E-state index contributed by atoms with van der Waals surface area (Å²) in [5.74, 6) is 0.551. The monoisotopic (exact) mass is 208 g/mol. The minimum Gasteiger partial charge on any atom is -0.482 e. The second kappa shape index (κ2) is 3.76. The van der Waals surface area contributed by atoms with Crippen LogP contribution in [-0.4, -0.2) is 12.0 Å². The first-order chi connectivity index (χ1) is 7.22. The molecule has 0 saturated heterocycles. The maximum atomic E-state index is 10.8. The number of nitrogens with zero attached hydrogens (tertiary/aromatic N) is 1. The second-order valence-corrected chi connectivity index (χ2v) is 3.50. The van der Waals surface area contributed by atoms with Crippen molar-refractivity contribution in [2.45, 2.75) is 19.3 Å². The fourth-order valence-electron chi connectivity index (χ4n) is 1.61. The van der Waals surface area contributed by atoms with Gasteiger partial charge in [-0.25, -0.2) is 0 Å². The first-order valence-corrected chi connectivity index (χ1v) is 4.82. The van der Waals surface area contributed by atoms with Crippen LogP contribution in [0, 0.1) is 10.1 Å². The topological polar surface area (TPSA) is 64.4 Å². The van der Waals surface area contributed by atoms with Gasteiger partial charge in [0.25, 0.3) is 5.70 Å². The van der Waals surface area contributed by atoms with Gasteiger partial charge in [0, 0.05) is 12.2 Å². The van der Waals surface area contributed by atoms with Crippen molar-refractivity contribution >= 4 is 0 Å². The average Bonchev–Trinajstić information content (AvgIpc) is 2.14. The van der Waals surface area contributed by atoms with E-state index in [0.29, 0.717) is 11.6 Å². The van der Waals surface area contributed by atoms with Gasteiger partial charge in [0.2, 0.25) is 0 Å². The number of ether oxygens (including phenoxy) is 1. The highest BCUT2D eigenvalue weighted by molar-refractivity contribution is 5.39. The molecule has 0 amide bonds. The van der Waals surface area contributed by atoms with Gasteiger partial charge in [0.1, 0.15) is 5.70 Å². The Morgan fingerprint density at radius 3 is 2.67 bits per heavy atom. The molecule has 0 aromatic rings. The van der Waals surface area contributed by atoms with Crippen molar-refractivity contribution in [3.05, 3.63) is 45.1 Å². The van der Waals surface area contributed by atoms with E-state index in [1.54, 1.807) is 6.08 Å². The standard InChI is InChI=1S/C10H12N2O3/c1-15-9-6-5-8(12(13)14)10(11-9)7-3-2-4-7/h5-6,11H,2-4H2,1H3. The van der Waals surface area contributed by atoms with Crippen molar-refractivity contribution in [3.63, 3.8) is 0 Å². The van der Waals surface area contributed by atoms with E-state index in [2.05, 4.69) is 5.32 Å². The minimum atomic E-state index is -0.364. The summed E-state index contributed by atoms with van der Waals surface area (Å²) < 4.78 is 5.02. The maximum absolute atomic E-state index is 10.8. The Morgan fingerprint density at radius 1 is 1.47 bits per heavy atom. The van der Waals surface area contributed by atoms with Crippen molar-refractivity contribution < 1.29 is 9.66 Å². The van der Waals surface area contributed by atoms with Crippen molar-refractivity contribution in [2.75, 3.05) is 7.11 Å². The Kier molecular flexibility index (Phi) is 2.45. The highest BCUT2D eigenvalue weighted by Gasteiger charge is 2.27. The van der Waals surface area contributed by atoms with Crippen LogP contribution in [0.25, 0.3) is 0 Å². The van der Waals surface area contributed by atoms with E-state index in [4.69, 9.17) is 4.74 Å². The number of nitrogens with one attached hydrogen (secondary N) is 1. The summed E-state index contributed by atoms with van der Waals surface area (Å²) in [7, 11) is 1.53. The summed E-state index contributed by atoms with van der Waals surface area (Å²) in [6, 6.07) is 0. The van der Waals surface area contributed by atoms with Gasteiger partial charge in [-0.3, -0.25) is 10.1 Å². The lowest BCUT2D eigenvalue weighted by Gasteiger charge is -2.23. The zero-order chi connectivity index (χ0) is 10.8. The van der Waals surface area contributed by atoms with Gasteiger partial charge in [-0.05, 0) is 24.8 Å². The molecule has 0 bridgehead atoms. The Hall–Kier alpha value is -1.78. The van der Waals surface area contributed by atoms with Crippen molar-refractivity contribution in [1.82, 2.24) is 5.32 Å². The Morgan fingerprint density at radius 2 is 2.20 bits per heavy atom. The van der Waals surface area contributed by atoms with Crippen LogP contribution in [0.2, 0.25) is 0 Å². The average molecular weight is 208 g/mol. The van der Waals surface area contributed by atoms with E-state index in [-0.39, 0.29) is 10.6 Å². The fraction of sp³-hybridized carbons (Fsp3) is 0.400. The molecule has 0 aromatic heterocycles. The first kappa shape index (κ1) is 9.76. The van der Waals surface area contributed by atoms with E-state index >= 15 is 0 Å². The van der Waals surface area contributed by atoms with Crippen LogP contribution < -0.4 is 5.32 Å². The molecule has 1 aliphatic heterocycles. The number of allylic oxidation sites excluding steroid dienone is 3. The number of nitro groups is 1. The molecule has 1 aliphatic carbocycles. The van der Waals surface area contributed by atoms with Gasteiger partial charge in [-0.2, -0.15) is 0 Å². The zero-order valence-corrected chi connectivity index (χ0v) is 8.45. The van der Waals surface area contributed by atoms with Gasteiger partial charge in [-0.1, -0.05) is 0 Å². The largest absolute Gasteiger partial charge is 0.482 e. The molecule has 0 radical (unpaired) electrons. The lowest BCUT2D eigenvalue weighted by Crippen LogP contribution is -2.25. The highest BCUT2D eigenvalue weighted by Crippen LogP contribution is 2.32. The minimum absolute atomic E-state index is 0.130. The molecule has 5 heteroatoms. The normalized spacial score (nSPS) is 19.8. The molecule has 1 N–H and O–H groups in total. The summed E-state index contributed by atoms with van der Waals surface area (Å²) in [6.07, 6.45) is 6.03. The quantitative estimate of drug-likeness (QED) is 0.553. The third-order valence-electron chi connectivity index (χ3n) is 2.62. The molecule has 0 spiro atoms. The third kappa shape index (κ3) is 1.72. The number of dihydropyridines is 1. The van der Waals surface area contributed by atoms with Crippen LogP contribution in [0.1, 0.15) is 19.3 Å². The molecule has 5 nitrogen and oxygen atoms in total. The van der Waals surface area contributed by atoms with E-state index < -0.39 is 0 Å². The molecule has 80 valence electrons. The summed E-state index contributed by atoms with van der Waals surface area (Å²) in [4.78, 5) is 10.4. The van der Waals surface area contributed by atoms with Gasteiger partial charge in [0.15, 0.2) is 5.88 Å². The number of methoxy groups -OCH3 is 1. The van der Waals surface area contributed by atoms with Crippen LogP contribution in [0.3, 0.4) is 0 Å². The second-order valence-electron chi connectivity index (χ2n) is 3.50. The van der Waals surface area contributed by atoms with E-state index in [1.165, 1.54) is 13.2 Å². The summed E-state index contributed by atoms with van der Waals surface area (Å²) in [5, 5.41) is 13.7. The molecule has 1 saturated carbocycles. The molecule has 1 heterocycles. The van der Waals surface area contributed by atoms with Crippen LogP contribution in [0.4, 0.5) is 0 Å². The molecule has 2 rings (SSSR count). The first-order valence-electron chi connectivity index (χ1n) is 4.82. The van der Waals surface area contributed by atoms with E-state index in [9.17, 15) is 10.1 Å². The molecular formula is C10H12N2O3. The van der Waals surface area contributed by atoms with Crippen molar-refractivity contribution in [3.8, 4) is 0 Å². The molecule has 1 fully saturated rings. The predicted octanol–water partition coefficient (Wildman–Crippen LogP) is 1.68. The smallest absolute Gasteiger partial charge is 0.292 e. The van der Waals surface area contributed by atoms with Gasteiger partial charge in [-0.15, -0.1) is 0 Å². The molecule has 0 aromatic carbocycles. The highest BCUT2D eigenvalue weighted by atomic mass is 16.6. The number of hydrogen-bond donors (Lipinski definition) is 1. The van der Waals surface area contributed by atoms with E-state index in [0.717, 1.165) is 24.8 Å². The maximum Gasteiger partial charge on any atom is 0.292 e. The molecule has 2 aliphatic rings. The van der Waals surface area contributed by atoms with E-state index in [1.807, 2.05) is 0 Å². The molecule has 0 unspecified atom stereocenters. The lowest BCUT2D eigenvalue weighted by molar-refractivity contribution is -0.421. The molecule has 0 atom stereocenters. The van der Waals surface area contributed by atoms with Crippen molar-refractivity contribution in [2.24, 2.45) is 0 Å². The number of hydrogen-bond acceptors (Lipinski definition) is 4. The Bertz CT molecular complexity index is 387. The van der Waals surface area contributed by atoms with Gasteiger partial charge < -0.3 is 10.1 Å². The number of rotatable bonds is 2. The zero-order valence-electron chi connectivity index (χ0n) is 8.45. The summed E-state index contributed by atoms with van der Waals surface area (Å²) >= 11 is 0. The van der Waals surface area contributed by atoms with Crippen LogP contribution in [0.15, 0.2) is 35.0 Å². The predicted molar refractivity (Wildman–Crippen MR) is 54.2 cm³/mol. The SMILES string of the molecule is COC1=CC=C([N+](=O)[O-])C(=C2CCC2)N1. The summed E-state index contributed by atoms with van der Waals surface area (Å²) in [5.41, 5.74) is 1.86. The van der Waals surface area contributed by atoms with Crippen LogP contribution >= 0.6 is 0 Å². The Labute approximate surface area is 87.3 Å². The van der Waals surface area contributed by atoms with Crippen LogP contribution in [0.5, 0.6) is 0 Å². The van der Waals surface area contributed by atoms with Crippen LogP contribution in [-0.2, 0) is 4.74 Å². The lowest BCUT2D eigenvalue weighted by atomic mass is 9.89. The third-order valence-corrected chi connectivity index (χ3v) is 2.62. The van der Waals surface area contributed by atoms with Crippen molar-refractivity contribution in [1.29, 1.82) is 0 Å². The molecule has 15 heavy (non-hydrogen) atoms. The summed E-state index contributed by atoms with van der Waals surface area (Å²) in [6.45, 7) is 0. The Balaban J connectivity index is 2.35.